The van der Waals surface area contributed by atoms with E-state index in [-0.39, 0.29) is 18.1 Å². The second-order valence-corrected chi connectivity index (χ2v) is 9.25. The van der Waals surface area contributed by atoms with Crippen molar-refractivity contribution in [2.75, 3.05) is 12.0 Å². The Kier molecular flexibility index (Phi) is 12.4. The number of nitrogens with two attached hydrogens (primary N) is 1. The van der Waals surface area contributed by atoms with Gasteiger partial charge in [-0.15, -0.1) is 0 Å². The number of carboxylic acids is 1. The van der Waals surface area contributed by atoms with Gasteiger partial charge >= 0.3 is 5.97 Å². The quantitative estimate of drug-likeness (QED) is 0.218. The number of phenolic OH excluding ortho intramolecular Hbond substituents is 1. The number of nitrogens with one attached hydrogen (secondary N) is 3. The Morgan fingerprint density at radius 2 is 1.62 bits per heavy atom. The molecule has 0 saturated carbocycles. The summed E-state index contributed by atoms with van der Waals surface area (Å²) < 4.78 is 0. The lowest BCUT2D eigenvalue weighted by atomic mass is 9.96. The number of carbonyl (C=O) groups excluding carboxylic acids is 3. The van der Waals surface area contributed by atoms with Crippen molar-refractivity contribution in [2.45, 2.75) is 64.2 Å². The molecule has 1 rings (SSSR count). The lowest BCUT2D eigenvalue weighted by Crippen LogP contribution is -2.59. The fraction of sp³-hybridized carbons (Fsp3) is 0.565. The molecule has 0 aliphatic rings. The molecule has 0 aliphatic carbocycles. The third-order valence-electron chi connectivity index (χ3n) is 5.50. The molecule has 10 nitrogen and oxygen atoms in total. The van der Waals surface area contributed by atoms with Crippen LogP contribution < -0.4 is 21.7 Å². The molecular formula is C23H36N4O6S. The first-order valence-corrected chi connectivity index (χ1v) is 12.6. The Hall–Kier alpha value is -2.79. The molecule has 0 radical (unpaired) electrons. The van der Waals surface area contributed by atoms with Gasteiger partial charge in [-0.05, 0) is 49.0 Å². The molecule has 7 N–H and O–H groups in total. The van der Waals surface area contributed by atoms with Crippen LogP contribution in [0.3, 0.4) is 0 Å². The van der Waals surface area contributed by atoms with Crippen molar-refractivity contribution in [1.29, 1.82) is 0 Å². The molecule has 3 amide bonds. The molecule has 1 aromatic carbocycles. The fourth-order valence-corrected chi connectivity index (χ4v) is 3.54. The zero-order valence-electron chi connectivity index (χ0n) is 20.0. The van der Waals surface area contributed by atoms with Crippen LogP contribution in [-0.2, 0) is 25.6 Å². The number of aromatic hydroxyl groups is 1. The minimum Gasteiger partial charge on any atom is -0.508 e. The zero-order chi connectivity index (χ0) is 25.8. The molecular weight excluding hydrogens is 460 g/mol. The molecule has 11 heteroatoms. The zero-order valence-corrected chi connectivity index (χ0v) is 20.9. The van der Waals surface area contributed by atoms with E-state index in [1.807, 2.05) is 13.2 Å². The summed E-state index contributed by atoms with van der Waals surface area (Å²) in [6.07, 6.45) is 3.01. The van der Waals surface area contributed by atoms with Crippen molar-refractivity contribution in [2.24, 2.45) is 11.7 Å². The molecule has 5 unspecified atom stereocenters. The third-order valence-corrected chi connectivity index (χ3v) is 6.15. The van der Waals surface area contributed by atoms with Crippen LogP contribution in [-0.4, -0.2) is 70.1 Å². The number of phenols is 1. The Labute approximate surface area is 204 Å². The van der Waals surface area contributed by atoms with Crippen molar-refractivity contribution < 1.29 is 29.4 Å². The van der Waals surface area contributed by atoms with Crippen LogP contribution in [0.4, 0.5) is 0 Å². The molecule has 0 saturated heterocycles. The number of hydrogen-bond donors (Lipinski definition) is 6. The first-order chi connectivity index (χ1) is 16.0. The third kappa shape index (κ3) is 9.60. The van der Waals surface area contributed by atoms with E-state index >= 15 is 0 Å². The summed E-state index contributed by atoms with van der Waals surface area (Å²) in [4.78, 5) is 49.7. The van der Waals surface area contributed by atoms with E-state index in [0.29, 0.717) is 24.2 Å². The van der Waals surface area contributed by atoms with Gasteiger partial charge in [0.2, 0.25) is 17.7 Å². The van der Waals surface area contributed by atoms with Gasteiger partial charge in [-0.25, -0.2) is 0 Å². The van der Waals surface area contributed by atoms with Gasteiger partial charge in [0.25, 0.3) is 0 Å². The normalized spacial score (nSPS) is 15.3. The second kappa shape index (κ2) is 14.5. The summed E-state index contributed by atoms with van der Waals surface area (Å²) in [6.45, 7) is 5.00. The van der Waals surface area contributed by atoms with E-state index in [0.717, 1.165) is 0 Å². The van der Waals surface area contributed by atoms with E-state index in [1.54, 1.807) is 30.8 Å². The van der Waals surface area contributed by atoms with E-state index in [1.165, 1.54) is 19.1 Å². The standard InChI is InChI=1S/C23H36N4O6S/c1-5-13(2)19(27-20(29)17(24)10-11-34-4)22(31)26-18(21(30)25-14(3)23(32)33)12-15-6-8-16(28)9-7-15/h6-9,13-14,17-19,28H,5,10-12,24H2,1-4H3,(H,25,30)(H,26,31)(H,27,29)(H,32,33). The van der Waals surface area contributed by atoms with Crippen LogP contribution in [0.2, 0.25) is 0 Å². The molecule has 5 atom stereocenters. The summed E-state index contributed by atoms with van der Waals surface area (Å²) in [5.41, 5.74) is 6.59. The Morgan fingerprint density at radius 3 is 2.15 bits per heavy atom. The lowest BCUT2D eigenvalue weighted by molar-refractivity contribution is -0.141. The van der Waals surface area contributed by atoms with Gasteiger partial charge in [-0.3, -0.25) is 19.2 Å². The molecule has 0 heterocycles. The number of amides is 3. The predicted octanol–water partition coefficient (Wildman–Crippen LogP) is 0.620. The summed E-state index contributed by atoms with van der Waals surface area (Å²) in [6, 6.07) is 2.14. The van der Waals surface area contributed by atoms with Gasteiger partial charge in [-0.2, -0.15) is 11.8 Å². The largest absolute Gasteiger partial charge is 0.508 e. The van der Waals surface area contributed by atoms with E-state index in [4.69, 9.17) is 10.8 Å². The molecule has 0 spiro atoms. The Balaban J connectivity index is 3.07. The van der Waals surface area contributed by atoms with Crippen LogP contribution in [0.5, 0.6) is 5.75 Å². The highest BCUT2D eigenvalue weighted by Gasteiger charge is 2.32. The van der Waals surface area contributed by atoms with E-state index in [2.05, 4.69) is 16.0 Å². The van der Waals surface area contributed by atoms with Crippen LogP contribution in [0.25, 0.3) is 0 Å². The predicted molar refractivity (Wildman–Crippen MR) is 131 cm³/mol. The van der Waals surface area contributed by atoms with Crippen LogP contribution >= 0.6 is 11.8 Å². The summed E-state index contributed by atoms with van der Waals surface area (Å²) in [5.74, 6) is -2.41. The second-order valence-electron chi connectivity index (χ2n) is 8.26. The highest BCUT2D eigenvalue weighted by atomic mass is 32.2. The SMILES string of the molecule is CCC(C)C(NC(=O)C(N)CCSC)C(=O)NC(Cc1ccc(O)cc1)C(=O)NC(C)C(=O)O. The fourth-order valence-electron chi connectivity index (χ4n) is 3.05. The number of thioether (sulfide) groups is 1. The van der Waals surface area contributed by atoms with Crippen molar-refractivity contribution in [1.82, 2.24) is 16.0 Å². The van der Waals surface area contributed by atoms with Crippen molar-refractivity contribution in [3.63, 3.8) is 0 Å². The molecule has 0 aromatic heterocycles. The number of carbonyl (C=O) groups is 4. The average Bonchev–Trinajstić information content (AvgIpc) is 2.80. The highest BCUT2D eigenvalue weighted by molar-refractivity contribution is 7.98. The maximum absolute atomic E-state index is 13.2. The number of hydrogen-bond acceptors (Lipinski definition) is 7. The van der Waals surface area contributed by atoms with Crippen LogP contribution in [0, 0.1) is 5.92 Å². The van der Waals surface area contributed by atoms with Gasteiger partial charge in [0.05, 0.1) is 6.04 Å². The molecule has 0 fully saturated rings. The maximum Gasteiger partial charge on any atom is 0.325 e. The first kappa shape index (κ1) is 29.2. The van der Waals surface area contributed by atoms with Gasteiger partial charge in [-0.1, -0.05) is 32.4 Å². The summed E-state index contributed by atoms with van der Waals surface area (Å²) >= 11 is 1.56. The van der Waals surface area contributed by atoms with Crippen molar-refractivity contribution in [3.8, 4) is 5.75 Å². The number of carboxylic acid groups (broad SMARTS) is 1. The summed E-state index contributed by atoms with van der Waals surface area (Å²) in [7, 11) is 0. The van der Waals surface area contributed by atoms with Gasteiger partial charge in [0.1, 0.15) is 23.9 Å². The summed E-state index contributed by atoms with van der Waals surface area (Å²) in [5, 5.41) is 26.4. The van der Waals surface area contributed by atoms with Crippen molar-refractivity contribution >= 4 is 35.5 Å². The minimum atomic E-state index is -1.22. The maximum atomic E-state index is 13.2. The molecule has 190 valence electrons. The smallest absolute Gasteiger partial charge is 0.325 e. The number of benzene rings is 1. The van der Waals surface area contributed by atoms with E-state index < -0.39 is 47.9 Å². The Bertz CT molecular complexity index is 835. The average molecular weight is 497 g/mol. The van der Waals surface area contributed by atoms with E-state index in [9.17, 15) is 24.3 Å². The molecule has 34 heavy (non-hydrogen) atoms. The Morgan fingerprint density at radius 1 is 1.00 bits per heavy atom. The molecule has 1 aromatic rings. The molecule has 0 bridgehead atoms. The highest BCUT2D eigenvalue weighted by Crippen LogP contribution is 2.13. The van der Waals surface area contributed by atoms with Crippen molar-refractivity contribution in [3.05, 3.63) is 29.8 Å². The van der Waals surface area contributed by atoms with Gasteiger partial charge in [0.15, 0.2) is 0 Å². The van der Waals surface area contributed by atoms with Gasteiger partial charge < -0.3 is 31.9 Å². The van der Waals surface area contributed by atoms with Crippen LogP contribution in [0.1, 0.15) is 39.2 Å². The lowest BCUT2D eigenvalue weighted by Gasteiger charge is -2.28. The number of rotatable bonds is 14. The first-order valence-electron chi connectivity index (χ1n) is 11.2. The molecule has 0 aliphatic heterocycles. The minimum absolute atomic E-state index is 0.0469. The number of aliphatic carboxylic acids is 1. The monoisotopic (exact) mass is 496 g/mol. The van der Waals surface area contributed by atoms with Gasteiger partial charge in [0, 0.05) is 6.42 Å². The topological polar surface area (TPSA) is 171 Å². The van der Waals surface area contributed by atoms with Crippen LogP contribution in [0.15, 0.2) is 24.3 Å².